The van der Waals surface area contributed by atoms with E-state index in [1.807, 2.05) is 6.07 Å². The van der Waals surface area contributed by atoms with E-state index in [-0.39, 0.29) is 18.0 Å². The van der Waals surface area contributed by atoms with Crippen LogP contribution >= 0.6 is 0 Å². The van der Waals surface area contributed by atoms with Gasteiger partial charge in [-0.2, -0.15) is 0 Å². The Morgan fingerprint density at radius 1 is 0.970 bits per heavy atom. The molecule has 0 aliphatic carbocycles. The first kappa shape index (κ1) is 20.8. The zero-order valence-corrected chi connectivity index (χ0v) is 17.8. The average Bonchev–Trinajstić information content (AvgIpc) is 2.82. The minimum atomic E-state index is -0.598. The summed E-state index contributed by atoms with van der Waals surface area (Å²) < 4.78 is 2.81. The molecule has 0 atom stereocenters. The lowest BCUT2D eigenvalue weighted by Gasteiger charge is -2.34. The van der Waals surface area contributed by atoms with E-state index in [1.54, 1.807) is 47.5 Å². The number of H-pyrrole nitrogens is 1. The summed E-state index contributed by atoms with van der Waals surface area (Å²) in [7, 11) is 0. The van der Waals surface area contributed by atoms with Crippen LogP contribution in [-0.2, 0) is 17.9 Å². The Labute approximate surface area is 187 Å². The second-order valence-electron chi connectivity index (χ2n) is 8.03. The Morgan fingerprint density at radius 2 is 1.73 bits per heavy atom. The van der Waals surface area contributed by atoms with Gasteiger partial charge in [-0.15, -0.1) is 0 Å². The van der Waals surface area contributed by atoms with Crippen LogP contribution in [0, 0.1) is 0 Å². The van der Waals surface area contributed by atoms with E-state index < -0.39 is 11.2 Å². The summed E-state index contributed by atoms with van der Waals surface area (Å²) in [5, 5.41) is 0.369. The van der Waals surface area contributed by atoms with Gasteiger partial charge in [-0.25, -0.2) is 9.78 Å². The van der Waals surface area contributed by atoms with Gasteiger partial charge in [0.05, 0.1) is 16.6 Å². The van der Waals surface area contributed by atoms with Gasteiger partial charge in [0.25, 0.3) is 11.1 Å². The number of aromatic amines is 1. The minimum absolute atomic E-state index is 0.122. The molecule has 5 rings (SSSR count). The van der Waals surface area contributed by atoms with E-state index in [2.05, 4.69) is 14.9 Å². The predicted molar refractivity (Wildman–Crippen MR) is 122 cm³/mol. The van der Waals surface area contributed by atoms with E-state index in [9.17, 15) is 19.2 Å². The fraction of sp³-hybridized carbons (Fsp3) is 0.261. The SMILES string of the molecule is O=C(Cn1c(=O)[nH]c(=O)c2ccccc21)N1CCN(Cc2cc(=O)n3ccccc3n2)CC1. The maximum atomic E-state index is 12.9. The number of para-hydroxylation sites is 1. The molecule has 1 aromatic carbocycles. The van der Waals surface area contributed by atoms with Crippen molar-refractivity contribution < 1.29 is 4.79 Å². The van der Waals surface area contributed by atoms with E-state index in [4.69, 9.17) is 0 Å². The highest BCUT2D eigenvalue weighted by Gasteiger charge is 2.23. The molecule has 0 saturated carbocycles. The largest absolute Gasteiger partial charge is 0.339 e. The number of carbonyl (C=O) groups excluding carboxylic acids is 1. The number of nitrogens with one attached hydrogen (secondary N) is 1. The highest BCUT2D eigenvalue weighted by Crippen LogP contribution is 2.10. The third-order valence-corrected chi connectivity index (χ3v) is 5.93. The van der Waals surface area contributed by atoms with Gasteiger partial charge in [-0.1, -0.05) is 18.2 Å². The number of hydrogen-bond acceptors (Lipinski definition) is 6. The number of aromatic nitrogens is 4. The van der Waals surface area contributed by atoms with Crippen LogP contribution in [-0.4, -0.2) is 60.8 Å². The minimum Gasteiger partial charge on any atom is -0.339 e. The summed E-state index contributed by atoms with van der Waals surface area (Å²) in [6.45, 7) is 2.64. The molecule has 1 aliphatic heterocycles. The molecule has 4 aromatic rings. The van der Waals surface area contributed by atoms with Crippen molar-refractivity contribution in [2.24, 2.45) is 0 Å². The Hall–Kier alpha value is -4.05. The molecule has 1 amide bonds. The number of piperazine rings is 1. The standard InChI is InChI=1S/C23H22N6O4/c30-20-13-16(24-19-7-3-4-8-28(19)20)14-26-9-11-27(12-10-26)21(31)15-29-18-6-2-1-5-17(18)22(32)25-23(29)33/h1-8,13H,9-12,14-15H2,(H,25,32,33). The van der Waals surface area contributed by atoms with Crippen molar-refractivity contribution in [1.82, 2.24) is 28.7 Å². The van der Waals surface area contributed by atoms with Crippen molar-refractivity contribution in [3.63, 3.8) is 0 Å². The van der Waals surface area contributed by atoms with Gasteiger partial charge >= 0.3 is 5.69 Å². The van der Waals surface area contributed by atoms with Crippen LogP contribution in [0.25, 0.3) is 16.6 Å². The predicted octanol–water partition coefficient (Wildman–Crippen LogP) is 0.0421. The summed E-state index contributed by atoms with van der Waals surface area (Å²) in [6, 6.07) is 13.7. The monoisotopic (exact) mass is 446 g/mol. The van der Waals surface area contributed by atoms with E-state index >= 15 is 0 Å². The van der Waals surface area contributed by atoms with Crippen molar-refractivity contribution >= 4 is 22.5 Å². The van der Waals surface area contributed by atoms with Crippen molar-refractivity contribution in [2.75, 3.05) is 26.2 Å². The number of benzene rings is 1. The number of rotatable bonds is 4. The summed E-state index contributed by atoms with van der Waals surface area (Å²) in [4.78, 5) is 60.3. The second-order valence-corrected chi connectivity index (χ2v) is 8.03. The summed E-state index contributed by atoms with van der Waals surface area (Å²) in [5.41, 5.74) is 0.550. The maximum absolute atomic E-state index is 12.9. The molecule has 1 fully saturated rings. The number of amides is 1. The normalized spacial score (nSPS) is 14.7. The highest BCUT2D eigenvalue weighted by molar-refractivity contribution is 5.81. The van der Waals surface area contributed by atoms with E-state index in [0.717, 1.165) is 0 Å². The van der Waals surface area contributed by atoms with Crippen LogP contribution in [0.2, 0.25) is 0 Å². The van der Waals surface area contributed by atoms with Gasteiger partial charge in [-0.05, 0) is 24.3 Å². The molecule has 0 spiro atoms. The number of nitrogens with zero attached hydrogens (tertiary/aromatic N) is 5. The van der Waals surface area contributed by atoms with Gasteiger partial charge in [0.2, 0.25) is 5.91 Å². The number of carbonyl (C=O) groups is 1. The van der Waals surface area contributed by atoms with Crippen molar-refractivity contribution in [1.29, 1.82) is 0 Å². The number of fused-ring (bicyclic) bond motifs is 2. The summed E-state index contributed by atoms with van der Waals surface area (Å²) in [6.07, 6.45) is 1.69. The van der Waals surface area contributed by atoms with Crippen LogP contribution < -0.4 is 16.8 Å². The van der Waals surface area contributed by atoms with Crippen molar-refractivity contribution in [3.05, 3.63) is 91.6 Å². The Bertz CT molecular complexity index is 1530. The van der Waals surface area contributed by atoms with E-state index in [0.29, 0.717) is 55.0 Å². The lowest BCUT2D eigenvalue weighted by atomic mass is 10.2. The van der Waals surface area contributed by atoms with Gasteiger partial charge in [-0.3, -0.25) is 33.2 Å². The molecule has 10 heteroatoms. The van der Waals surface area contributed by atoms with E-state index in [1.165, 1.54) is 15.0 Å². The molecule has 1 saturated heterocycles. The lowest BCUT2D eigenvalue weighted by molar-refractivity contribution is -0.133. The van der Waals surface area contributed by atoms with Crippen LogP contribution in [0.5, 0.6) is 0 Å². The smallest absolute Gasteiger partial charge is 0.329 e. The number of pyridine rings is 1. The van der Waals surface area contributed by atoms with Crippen LogP contribution in [0.1, 0.15) is 5.69 Å². The lowest BCUT2D eigenvalue weighted by Crippen LogP contribution is -2.50. The maximum Gasteiger partial charge on any atom is 0.329 e. The van der Waals surface area contributed by atoms with Gasteiger partial charge < -0.3 is 4.90 Å². The molecule has 1 aliphatic rings. The van der Waals surface area contributed by atoms with Crippen LogP contribution in [0.15, 0.2) is 69.1 Å². The summed E-state index contributed by atoms with van der Waals surface area (Å²) >= 11 is 0. The third-order valence-electron chi connectivity index (χ3n) is 5.93. The molecule has 0 unspecified atom stereocenters. The molecule has 0 radical (unpaired) electrons. The number of hydrogen-bond donors (Lipinski definition) is 1. The fourth-order valence-electron chi connectivity index (χ4n) is 4.20. The quantitative estimate of drug-likeness (QED) is 0.474. The van der Waals surface area contributed by atoms with Crippen molar-refractivity contribution in [2.45, 2.75) is 13.1 Å². The Balaban J connectivity index is 1.26. The molecule has 4 heterocycles. The first-order chi connectivity index (χ1) is 16.0. The zero-order chi connectivity index (χ0) is 22.9. The Morgan fingerprint density at radius 3 is 2.55 bits per heavy atom. The van der Waals surface area contributed by atoms with Gasteiger partial charge in [0, 0.05) is 45.0 Å². The van der Waals surface area contributed by atoms with Crippen LogP contribution in [0.3, 0.4) is 0 Å². The molecule has 3 aromatic heterocycles. The topological polar surface area (TPSA) is 113 Å². The Kier molecular flexibility index (Phi) is 5.35. The summed E-state index contributed by atoms with van der Waals surface area (Å²) in [5.74, 6) is -0.184. The molecule has 33 heavy (non-hydrogen) atoms. The third kappa shape index (κ3) is 4.08. The zero-order valence-electron chi connectivity index (χ0n) is 17.8. The first-order valence-electron chi connectivity index (χ1n) is 10.7. The van der Waals surface area contributed by atoms with Crippen LogP contribution in [0.4, 0.5) is 0 Å². The molecule has 0 bridgehead atoms. The van der Waals surface area contributed by atoms with Gasteiger partial charge in [0.1, 0.15) is 12.2 Å². The highest BCUT2D eigenvalue weighted by atomic mass is 16.2. The van der Waals surface area contributed by atoms with Gasteiger partial charge in [0.15, 0.2) is 0 Å². The average molecular weight is 446 g/mol. The molecule has 1 N–H and O–H groups in total. The first-order valence-corrected chi connectivity index (χ1v) is 10.7. The fourth-order valence-corrected chi connectivity index (χ4v) is 4.20. The molecular formula is C23H22N6O4. The molecule has 168 valence electrons. The van der Waals surface area contributed by atoms with Crippen molar-refractivity contribution in [3.8, 4) is 0 Å². The molecule has 10 nitrogen and oxygen atoms in total. The second kappa shape index (κ2) is 8.47. The molecular weight excluding hydrogens is 424 g/mol.